The Morgan fingerprint density at radius 2 is 2.16 bits per heavy atom. The molecule has 2 heterocycles. The molecule has 0 spiro atoms. The quantitative estimate of drug-likeness (QED) is 0.669. The number of carbonyl (C=O) groups is 2. The van der Waals surface area contributed by atoms with E-state index in [-0.39, 0.29) is 12.3 Å². The second kappa shape index (κ2) is 7.02. The average molecular weight is 359 g/mol. The third kappa shape index (κ3) is 3.53. The molecule has 1 amide bonds. The number of methoxy groups -OCH3 is 1. The third-order valence-electron chi connectivity index (χ3n) is 3.73. The number of esters is 1. The highest BCUT2D eigenvalue weighted by Crippen LogP contribution is 2.23. The van der Waals surface area contributed by atoms with Gasteiger partial charge in [-0.1, -0.05) is 36.4 Å². The number of thiazole rings is 1. The largest absolute Gasteiger partial charge is 0.468 e. The van der Waals surface area contributed by atoms with Crippen LogP contribution in [0.2, 0.25) is 0 Å². The molecule has 0 aliphatic rings. The van der Waals surface area contributed by atoms with Crippen LogP contribution in [0.25, 0.3) is 10.2 Å². The van der Waals surface area contributed by atoms with Gasteiger partial charge < -0.3 is 13.8 Å². The second-order valence-electron chi connectivity index (χ2n) is 5.72. The lowest BCUT2D eigenvalue weighted by atomic mass is 10.0. The predicted molar refractivity (Wildman–Crippen MR) is 92.3 cm³/mol. The summed E-state index contributed by atoms with van der Waals surface area (Å²) in [5.74, 6) is -0.547. The first-order valence-electron chi connectivity index (χ1n) is 7.69. The minimum atomic E-state index is -0.549. The smallest absolute Gasteiger partial charge is 0.325 e. The summed E-state index contributed by atoms with van der Waals surface area (Å²) in [6, 6.07) is 7.44. The van der Waals surface area contributed by atoms with E-state index in [1.54, 1.807) is 4.57 Å². The molecule has 0 aliphatic carbocycles. The molecule has 0 N–H and O–H groups in total. The zero-order valence-electron chi connectivity index (χ0n) is 14.1. The fourth-order valence-electron chi connectivity index (χ4n) is 2.35. The van der Waals surface area contributed by atoms with Crippen LogP contribution in [-0.4, -0.2) is 28.7 Å². The Morgan fingerprint density at radius 1 is 1.36 bits per heavy atom. The van der Waals surface area contributed by atoms with E-state index >= 15 is 0 Å². The molecule has 1 aromatic carbocycles. The summed E-state index contributed by atoms with van der Waals surface area (Å²) < 4.78 is 12.2. The van der Waals surface area contributed by atoms with Gasteiger partial charge in [0.05, 0.1) is 23.5 Å². The zero-order chi connectivity index (χ0) is 18.0. The van der Waals surface area contributed by atoms with Crippen molar-refractivity contribution in [3.8, 4) is 0 Å². The number of carbonyl (C=O) groups excluding carboxylic acids is 2. The number of nitrogens with zero attached hydrogens (tertiary/aromatic N) is 3. The van der Waals surface area contributed by atoms with Gasteiger partial charge in [0.25, 0.3) is 0 Å². The molecule has 0 saturated heterocycles. The van der Waals surface area contributed by atoms with Gasteiger partial charge >= 0.3 is 11.9 Å². The Bertz CT molecular complexity index is 983. The Hall–Kier alpha value is -2.74. The monoisotopic (exact) mass is 359 g/mol. The van der Waals surface area contributed by atoms with Gasteiger partial charge in [0.2, 0.25) is 5.76 Å². The molecule has 2 aromatic heterocycles. The van der Waals surface area contributed by atoms with Crippen molar-refractivity contribution in [3.63, 3.8) is 0 Å². The molecule has 0 fully saturated rings. The summed E-state index contributed by atoms with van der Waals surface area (Å²) in [6.45, 7) is 4.19. The van der Waals surface area contributed by atoms with Gasteiger partial charge in [0, 0.05) is 6.07 Å². The number of amides is 1. The molecule has 7 nitrogen and oxygen atoms in total. The lowest BCUT2D eigenvalue weighted by molar-refractivity contribution is -0.141. The zero-order valence-corrected chi connectivity index (χ0v) is 14.9. The van der Waals surface area contributed by atoms with Crippen molar-refractivity contribution in [2.24, 2.45) is 4.99 Å². The van der Waals surface area contributed by atoms with Gasteiger partial charge in [0.1, 0.15) is 6.54 Å². The molecule has 0 saturated carbocycles. The number of hydrogen-bond acceptors (Lipinski definition) is 6. The van der Waals surface area contributed by atoms with Gasteiger partial charge in [-0.3, -0.25) is 9.59 Å². The topological polar surface area (TPSA) is 86.7 Å². The van der Waals surface area contributed by atoms with Crippen LogP contribution in [0.3, 0.4) is 0 Å². The first kappa shape index (κ1) is 17.1. The van der Waals surface area contributed by atoms with Crippen LogP contribution in [-0.2, 0) is 16.1 Å². The standard InChI is InChI=1S/C17H17N3O4S/c1-10(2)11-4-5-12-14(8-11)25-17(20(12)9-15(21)23-3)19-16(22)13-6-7-18-24-13/h4-8,10H,9H2,1-3H3. The van der Waals surface area contributed by atoms with Gasteiger partial charge in [-0.2, -0.15) is 4.99 Å². The van der Waals surface area contributed by atoms with Crippen LogP contribution in [0.1, 0.15) is 35.9 Å². The SMILES string of the molecule is COC(=O)Cn1c(=NC(=O)c2ccno2)sc2cc(C(C)C)ccc21. The highest BCUT2D eigenvalue weighted by molar-refractivity contribution is 7.16. The molecule has 3 aromatic rings. The fraction of sp³-hybridized carbons (Fsp3) is 0.294. The summed E-state index contributed by atoms with van der Waals surface area (Å²) in [5, 5.41) is 3.51. The Morgan fingerprint density at radius 3 is 2.80 bits per heavy atom. The van der Waals surface area contributed by atoms with E-state index in [4.69, 9.17) is 9.26 Å². The maximum Gasteiger partial charge on any atom is 0.325 e. The second-order valence-corrected chi connectivity index (χ2v) is 6.73. The number of benzene rings is 1. The van der Waals surface area contributed by atoms with Crippen molar-refractivity contribution in [2.75, 3.05) is 7.11 Å². The summed E-state index contributed by atoms with van der Waals surface area (Å²) in [5.41, 5.74) is 2.00. The van der Waals surface area contributed by atoms with Gasteiger partial charge in [-0.25, -0.2) is 0 Å². The first-order valence-corrected chi connectivity index (χ1v) is 8.51. The molecular weight excluding hydrogens is 342 g/mol. The molecule has 0 bridgehead atoms. The van der Waals surface area contributed by atoms with Gasteiger partial charge in [-0.05, 0) is 23.6 Å². The number of hydrogen-bond donors (Lipinski definition) is 0. The molecule has 25 heavy (non-hydrogen) atoms. The molecule has 0 unspecified atom stereocenters. The van der Waals surface area contributed by atoms with Crippen molar-refractivity contribution < 1.29 is 18.8 Å². The molecule has 0 aliphatic heterocycles. The third-order valence-corrected chi connectivity index (χ3v) is 4.78. The van der Waals surface area contributed by atoms with E-state index in [0.29, 0.717) is 10.7 Å². The first-order chi connectivity index (χ1) is 12.0. The van der Waals surface area contributed by atoms with Crippen LogP contribution < -0.4 is 4.80 Å². The number of ether oxygens (including phenoxy) is 1. The fourth-order valence-corrected chi connectivity index (χ4v) is 3.42. The summed E-state index contributed by atoms with van der Waals surface area (Å²) in [7, 11) is 1.32. The minimum absolute atomic E-state index is 0.0277. The summed E-state index contributed by atoms with van der Waals surface area (Å²) in [4.78, 5) is 28.5. The van der Waals surface area contributed by atoms with Gasteiger partial charge in [-0.15, -0.1) is 0 Å². The normalized spacial score (nSPS) is 12.1. The highest BCUT2D eigenvalue weighted by Gasteiger charge is 2.14. The van der Waals surface area contributed by atoms with E-state index in [2.05, 4.69) is 30.1 Å². The molecule has 8 heteroatoms. The molecule has 3 rings (SSSR count). The van der Waals surface area contributed by atoms with Crippen molar-refractivity contribution in [1.82, 2.24) is 9.72 Å². The van der Waals surface area contributed by atoms with Crippen LogP contribution in [0, 0.1) is 0 Å². The Kier molecular flexibility index (Phi) is 4.80. The molecular formula is C17H17N3O4S. The lowest BCUT2D eigenvalue weighted by Gasteiger charge is -2.06. The number of rotatable bonds is 4. The van der Waals surface area contributed by atoms with Crippen LogP contribution >= 0.6 is 11.3 Å². The maximum absolute atomic E-state index is 12.2. The van der Waals surface area contributed by atoms with Crippen LogP contribution in [0.4, 0.5) is 0 Å². The minimum Gasteiger partial charge on any atom is -0.468 e. The van der Waals surface area contributed by atoms with Crippen molar-refractivity contribution in [2.45, 2.75) is 26.3 Å². The van der Waals surface area contributed by atoms with Crippen LogP contribution in [0.5, 0.6) is 0 Å². The summed E-state index contributed by atoms with van der Waals surface area (Å²) >= 11 is 1.34. The Balaban J connectivity index is 2.16. The Labute approximate surface area is 147 Å². The molecule has 0 radical (unpaired) electrons. The van der Waals surface area contributed by atoms with Crippen molar-refractivity contribution >= 4 is 33.4 Å². The maximum atomic E-state index is 12.2. The number of aromatic nitrogens is 2. The molecule has 130 valence electrons. The lowest BCUT2D eigenvalue weighted by Crippen LogP contribution is -2.22. The molecule has 0 atom stereocenters. The predicted octanol–water partition coefficient (Wildman–Crippen LogP) is 2.73. The van der Waals surface area contributed by atoms with E-state index in [0.717, 1.165) is 10.2 Å². The highest BCUT2D eigenvalue weighted by atomic mass is 32.1. The van der Waals surface area contributed by atoms with E-state index in [9.17, 15) is 9.59 Å². The van der Waals surface area contributed by atoms with E-state index < -0.39 is 11.9 Å². The van der Waals surface area contributed by atoms with Gasteiger partial charge in [0.15, 0.2) is 4.80 Å². The van der Waals surface area contributed by atoms with Crippen molar-refractivity contribution in [3.05, 3.63) is 46.6 Å². The van der Waals surface area contributed by atoms with E-state index in [1.165, 1.54) is 36.3 Å². The average Bonchev–Trinajstić information content (AvgIpc) is 3.23. The van der Waals surface area contributed by atoms with Crippen molar-refractivity contribution in [1.29, 1.82) is 0 Å². The summed E-state index contributed by atoms with van der Waals surface area (Å²) in [6.07, 6.45) is 1.38. The van der Waals surface area contributed by atoms with Crippen LogP contribution in [0.15, 0.2) is 40.0 Å². The van der Waals surface area contributed by atoms with E-state index in [1.807, 2.05) is 12.1 Å². The number of fused-ring (bicyclic) bond motifs is 1.